The highest BCUT2D eigenvalue weighted by Gasteiger charge is 2.27. The lowest BCUT2D eigenvalue weighted by atomic mass is 10.2. The number of alkyl halides is 3. The van der Waals surface area contributed by atoms with Crippen molar-refractivity contribution < 1.29 is 18.0 Å². The van der Waals surface area contributed by atoms with Crippen molar-refractivity contribution in [2.24, 2.45) is 0 Å². The van der Waals surface area contributed by atoms with Gasteiger partial charge in [-0.05, 0) is 12.1 Å². The number of fused-ring (bicyclic) bond motifs is 1. The van der Waals surface area contributed by atoms with Crippen LogP contribution in [0.3, 0.4) is 0 Å². The average molecular weight is 367 g/mol. The van der Waals surface area contributed by atoms with Crippen molar-refractivity contribution in [2.45, 2.75) is 12.6 Å². The molecule has 1 amide bonds. The number of carbonyl (C=O) groups is 1. The first-order valence-corrected chi connectivity index (χ1v) is 7.21. The van der Waals surface area contributed by atoms with E-state index in [9.17, 15) is 18.0 Å². The van der Waals surface area contributed by atoms with Gasteiger partial charge in [-0.15, -0.1) is 11.3 Å². The van der Waals surface area contributed by atoms with Crippen LogP contribution in [0.4, 0.5) is 18.9 Å². The van der Waals surface area contributed by atoms with E-state index in [4.69, 9.17) is 5.73 Å². The molecule has 1 aromatic carbocycles. The van der Waals surface area contributed by atoms with Crippen molar-refractivity contribution in [1.29, 1.82) is 0 Å². The molecule has 2 aromatic rings. The lowest BCUT2D eigenvalue weighted by molar-refractivity contribution is -0.132. The van der Waals surface area contributed by atoms with Crippen LogP contribution in [0.25, 0.3) is 10.1 Å². The first kappa shape index (κ1) is 15.1. The zero-order chi connectivity index (χ0) is 14.9. The van der Waals surface area contributed by atoms with Gasteiger partial charge in [-0.3, -0.25) is 4.79 Å². The molecule has 0 bridgehead atoms. The van der Waals surface area contributed by atoms with Gasteiger partial charge in [-0.2, -0.15) is 13.2 Å². The highest BCUT2D eigenvalue weighted by atomic mass is 79.9. The summed E-state index contributed by atoms with van der Waals surface area (Å²) in [5, 5.41) is 2.95. The van der Waals surface area contributed by atoms with Crippen LogP contribution in [0, 0.1) is 0 Å². The third-order valence-electron chi connectivity index (χ3n) is 2.59. The van der Waals surface area contributed by atoms with Gasteiger partial charge in [0.25, 0.3) is 5.91 Å². The quantitative estimate of drug-likeness (QED) is 0.864. The molecule has 3 N–H and O–H groups in total. The number of hydrogen-bond donors (Lipinski definition) is 2. The number of rotatable bonds is 3. The Labute approximate surface area is 125 Å². The van der Waals surface area contributed by atoms with E-state index in [1.165, 1.54) is 0 Å². The van der Waals surface area contributed by atoms with Crippen molar-refractivity contribution in [1.82, 2.24) is 5.32 Å². The van der Waals surface area contributed by atoms with Gasteiger partial charge in [0.15, 0.2) is 0 Å². The highest BCUT2D eigenvalue weighted by molar-refractivity contribution is 9.10. The molecule has 8 heteroatoms. The number of nitrogens with two attached hydrogens (primary N) is 1. The van der Waals surface area contributed by atoms with Gasteiger partial charge in [0, 0.05) is 21.1 Å². The van der Waals surface area contributed by atoms with Crippen LogP contribution in [0.15, 0.2) is 22.7 Å². The maximum Gasteiger partial charge on any atom is 0.390 e. The van der Waals surface area contributed by atoms with Crippen LogP contribution < -0.4 is 11.1 Å². The largest absolute Gasteiger partial charge is 0.397 e. The molecule has 108 valence electrons. The standard InChI is InChI=1S/C12H10BrF3N2OS/c13-6-1-2-7-8(5-6)20-10(9(7)17)11(19)18-4-3-12(14,15)16/h1-2,5H,3-4,17H2,(H,18,19). The Hall–Kier alpha value is -1.28. The highest BCUT2D eigenvalue weighted by Crippen LogP contribution is 2.35. The van der Waals surface area contributed by atoms with E-state index in [0.717, 1.165) is 25.9 Å². The molecule has 0 atom stereocenters. The predicted molar refractivity (Wildman–Crippen MR) is 76.9 cm³/mol. The van der Waals surface area contributed by atoms with Gasteiger partial charge in [-0.1, -0.05) is 22.0 Å². The molecule has 1 heterocycles. The minimum absolute atomic E-state index is 0.236. The molecule has 3 nitrogen and oxygen atoms in total. The monoisotopic (exact) mass is 366 g/mol. The van der Waals surface area contributed by atoms with Crippen molar-refractivity contribution in [3.63, 3.8) is 0 Å². The molecule has 0 aliphatic rings. The lowest BCUT2D eigenvalue weighted by Crippen LogP contribution is -2.27. The molecular formula is C12H10BrF3N2OS. The molecule has 0 saturated carbocycles. The summed E-state index contributed by atoms with van der Waals surface area (Å²) >= 11 is 4.46. The number of hydrogen-bond acceptors (Lipinski definition) is 3. The summed E-state index contributed by atoms with van der Waals surface area (Å²) in [6.07, 6.45) is -5.35. The normalized spacial score (nSPS) is 11.8. The lowest BCUT2D eigenvalue weighted by Gasteiger charge is -2.07. The Morgan fingerprint density at radius 3 is 2.75 bits per heavy atom. The van der Waals surface area contributed by atoms with E-state index in [-0.39, 0.29) is 4.88 Å². The summed E-state index contributed by atoms with van der Waals surface area (Å²) in [5.74, 6) is -0.580. The van der Waals surface area contributed by atoms with Crippen LogP contribution >= 0.6 is 27.3 Å². The zero-order valence-electron chi connectivity index (χ0n) is 10.1. The van der Waals surface area contributed by atoms with E-state index < -0.39 is 25.0 Å². The minimum Gasteiger partial charge on any atom is -0.397 e. The predicted octanol–water partition coefficient (Wildman–Crippen LogP) is 3.93. The Morgan fingerprint density at radius 1 is 1.40 bits per heavy atom. The van der Waals surface area contributed by atoms with Gasteiger partial charge in [-0.25, -0.2) is 0 Å². The molecule has 20 heavy (non-hydrogen) atoms. The van der Waals surface area contributed by atoms with E-state index in [1.807, 2.05) is 6.07 Å². The summed E-state index contributed by atoms with van der Waals surface area (Å²) in [5.41, 5.74) is 6.15. The molecule has 0 unspecified atom stereocenters. The Kier molecular flexibility index (Phi) is 4.24. The topological polar surface area (TPSA) is 55.1 Å². The summed E-state index contributed by atoms with van der Waals surface area (Å²) in [7, 11) is 0. The third-order valence-corrected chi connectivity index (χ3v) is 4.25. The minimum atomic E-state index is -4.29. The molecule has 0 radical (unpaired) electrons. The fraction of sp³-hybridized carbons (Fsp3) is 0.250. The number of halogens is 4. The maximum atomic E-state index is 12.0. The number of carbonyl (C=O) groups excluding carboxylic acids is 1. The maximum absolute atomic E-state index is 12.0. The number of nitrogens with one attached hydrogen (secondary N) is 1. The average Bonchev–Trinajstić information content (AvgIpc) is 2.64. The van der Waals surface area contributed by atoms with Crippen LogP contribution in [0.5, 0.6) is 0 Å². The van der Waals surface area contributed by atoms with Gasteiger partial charge in [0.05, 0.1) is 12.1 Å². The number of nitrogen functional groups attached to an aromatic ring is 1. The summed E-state index contributed by atoms with van der Waals surface area (Å²) in [4.78, 5) is 12.1. The molecule has 1 aromatic heterocycles. The van der Waals surface area contributed by atoms with Gasteiger partial charge >= 0.3 is 6.18 Å². The van der Waals surface area contributed by atoms with Crippen molar-refractivity contribution >= 4 is 48.9 Å². The van der Waals surface area contributed by atoms with E-state index in [0.29, 0.717) is 5.69 Å². The SMILES string of the molecule is Nc1c(C(=O)NCCC(F)(F)F)sc2cc(Br)ccc12. The van der Waals surface area contributed by atoms with Crippen LogP contribution in [0.2, 0.25) is 0 Å². The third kappa shape index (κ3) is 3.43. The van der Waals surface area contributed by atoms with Gasteiger partial charge in [0.2, 0.25) is 0 Å². The van der Waals surface area contributed by atoms with Gasteiger partial charge < -0.3 is 11.1 Å². The fourth-order valence-corrected chi connectivity index (χ4v) is 3.25. The van der Waals surface area contributed by atoms with Crippen LogP contribution in [-0.2, 0) is 0 Å². The molecule has 0 spiro atoms. The van der Waals surface area contributed by atoms with E-state index in [2.05, 4.69) is 21.2 Å². The first-order valence-electron chi connectivity index (χ1n) is 5.60. The molecule has 0 fully saturated rings. The number of benzene rings is 1. The van der Waals surface area contributed by atoms with Crippen LogP contribution in [0.1, 0.15) is 16.1 Å². The number of anilines is 1. The molecule has 0 aliphatic carbocycles. The van der Waals surface area contributed by atoms with Crippen molar-refractivity contribution in [3.8, 4) is 0 Å². The first-order chi connectivity index (χ1) is 9.28. The number of amides is 1. The molecule has 2 rings (SSSR count). The van der Waals surface area contributed by atoms with Crippen molar-refractivity contribution in [2.75, 3.05) is 12.3 Å². The Bertz CT molecular complexity index is 654. The van der Waals surface area contributed by atoms with E-state index in [1.54, 1.807) is 12.1 Å². The second-order valence-corrected chi connectivity index (χ2v) is 6.07. The second kappa shape index (κ2) is 5.61. The van der Waals surface area contributed by atoms with Crippen LogP contribution in [-0.4, -0.2) is 18.6 Å². The van der Waals surface area contributed by atoms with E-state index >= 15 is 0 Å². The summed E-state index contributed by atoms with van der Waals surface area (Å²) in [6, 6.07) is 5.36. The Balaban J connectivity index is 2.16. The fourth-order valence-electron chi connectivity index (χ4n) is 1.66. The zero-order valence-corrected chi connectivity index (χ0v) is 12.5. The smallest absolute Gasteiger partial charge is 0.390 e. The molecule has 0 saturated heterocycles. The number of thiophene rings is 1. The summed E-state index contributed by atoms with van der Waals surface area (Å²) < 4.78 is 37.7. The Morgan fingerprint density at radius 2 is 2.10 bits per heavy atom. The van der Waals surface area contributed by atoms with Gasteiger partial charge in [0.1, 0.15) is 4.88 Å². The molecule has 0 aliphatic heterocycles. The summed E-state index contributed by atoms with van der Waals surface area (Å²) in [6.45, 7) is -0.459. The molecular weight excluding hydrogens is 357 g/mol. The van der Waals surface area contributed by atoms with Crippen molar-refractivity contribution in [3.05, 3.63) is 27.5 Å². The second-order valence-electron chi connectivity index (χ2n) is 4.11.